The zero-order valence-corrected chi connectivity index (χ0v) is 14.2. The molecule has 4 atom stereocenters. The maximum atomic E-state index is 12.8. The summed E-state index contributed by atoms with van der Waals surface area (Å²) < 4.78 is 0. The smallest absolute Gasteiger partial charge is 0.256 e. The van der Waals surface area contributed by atoms with Crippen LogP contribution in [0.1, 0.15) is 24.0 Å². The molecule has 0 aromatic heterocycles. The average Bonchev–Trinajstić information content (AvgIpc) is 3.04. The highest BCUT2D eigenvalue weighted by molar-refractivity contribution is 6.30. The number of carbonyl (C=O) groups excluding carboxylic acids is 1. The highest BCUT2D eigenvalue weighted by Crippen LogP contribution is 2.49. The number of amides is 1. The van der Waals surface area contributed by atoms with Gasteiger partial charge < -0.3 is 5.32 Å². The fourth-order valence-corrected chi connectivity index (χ4v) is 4.36. The van der Waals surface area contributed by atoms with Crippen molar-refractivity contribution < 1.29 is 9.72 Å². The van der Waals surface area contributed by atoms with Crippen LogP contribution in [0.5, 0.6) is 0 Å². The number of halogens is 1. The lowest BCUT2D eigenvalue weighted by molar-refractivity contribution is -0.532. The van der Waals surface area contributed by atoms with Gasteiger partial charge in [-0.1, -0.05) is 41.9 Å². The van der Waals surface area contributed by atoms with Crippen LogP contribution in [0.3, 0.4) is 0 Å². The Balaban J connectivity index is 1.89. The monoisotopic (exact) mass is 357 g/mol. The molecule has 2 aromatic rings. The third-order valence-electron chi connectivity index (χ3n) is 5.22. The van der Waals surface area contributed by atoms with E-state index in [0.29, 0.717) is 16.3 Å². The van der Waals surface area contributed by atoms with Gasteiger partial charge in [0.05, 0.1) is 5.92 Å². The van der Waals surface area contributed by atoms with Crippen LogP contribution in [0.15, 0.2) is 48.5 Å². The van der Waals surface area contributed by atoms with E-state index in [9.17, 15) is 14.9 Å². The van der Waals surface area contributed by atoms with E-state index in [1.54, 1.807) is 48.5 Å². The molecule has 0 unspecified atom stereocenters. The Morgan fingerprint density at radius 2 is 1.84 bits per heavy atom. The largest absolute Gasteiger partial charge is 0.324 e. The number of hydrogen-bond acceptors (Lipinski definition) is 4. The van der Waals surface area contributed by atoms with E-state index in [0.717, 1.165) is 5.56 Å². The number of nitrogens with one attached hydrogen (secondary N) is 2. The highest BCUT2D eigenvalue weighted by atomic mass is 35.5. The molecule has 0 bridgehead atoms. The van der Waals surface area contributed by atoms with Crippen LogP contribution >= 0.6 is 11.6 Å². The molecule has 2 aliphatic rings. The minimum absolute atomic E-state index is 0.256. The van der Waals surface area contributed by atoms with Crippen molar-refractivity contribution in [1.29, 1.82) is 0 Å². The summed E-state index contributed by atoms with van der Waals surface area (Å²) in [5, 5.41) is 18.7. The van der Waals surface area contributed by atoms with Gasteiger partial charge in [-0.15, -0.1) is 0 Å². The van der Waals surface area contributed by atoms with Gasteiger partial charge in [-0.3, -0.25) is 20.2 Å². The minimum atomic E-state index is -1.37. The molecule has 2 aliphatic heterocycles. The van der Waals surface area contributed by atoms with E-state index in [1.807, 2.05) is 6.92 Å². The summed E-state index contributed by atoms with van der Waals surface area (Å²) >= 11 is 5.95. The fraction of sp³-hybridized carbons (Fsp3) is 0.278. The molecule has 2 aromatic carbocycles. The number of carbonyl (C=O) groups is 1. The molecule has 2 heterocycles. The molecule has 0 aliphatic carbocycles. The molecule has 2 N–H and O–H groups in total. The minimum Gasteiger partial charge on any atom is -0.324 e. The van der Waals surface area contributed by atoms with Gasteiger partial charge in [-0.2, -0.15) is 0 Å². The molecule has 1 amide bonds. The Morgan fingerprint density at radius 3 is 2.52 bits per heavy atom. The molecule has 1 saturated heterocycles. The maximum Gasteiger partial charge on any atom is 0.256 e. The van der Waals surface area contributed by atoms with Crippen molar-refractivity contribution in [2.75, 3.05) is 5.32 Å². The number of nitrogens with zero attached hydrogens (tertiary/aromatic N) is 1. The predicted molar refractivity (Wildman–Crippen MR) is 94.3 cm³/mol. The van der Waals surface area contributed by atoms with E-state index in [2.05, 4.69) is 10.6 Å². The second-order valence-corrected chi connectivity index (χ2v) is 6.98. The van der Waals surface area contributed by atoms with Gasteiger partial charge in [-0.25, -0.2) is 0 Å². The molecule has 25 heavy (non-hydrogen) atoms. The lowest BCUT2D eigenvalue weighted by atomic mass is 9.78. The quantitative estimate of drug-likeness (QED) is 0.639. The molecular weight excluding hydrogens is 342 g/mol. The van der Waals surface area contributed by atoms with Crippen molar-refractivity contribution in [2.24, 2.45) is 0 Å². The predicted octanol–water partition coefficient (Wildman–Crippen LogP) is 2.91. The molecule has 0 radical (unpaired) electrons. The standard InChI is InChI=1S/C18H16ClN3O3/c1-10-15(11-6-8-12(19)9-7-11)16(22(24)25)18(21-10)13-4-2-3-5-14(13)20-17(18)23/h2-10,15-16,21H,1H3,(H,20,23)/t10-,15+,16+,18-/m0/s1. The Bertz CT molecular complexity index is 870. The third kappa shape index (κ3) is 2.18. The molecule has 0 saturated carbocycles. The van der Waals surface area contributed by atoms with Crippen molar-refractivity contribution in [3.8, 4) is 0 Å². The van der Waals surface area contributed by atoms with Crippen molar-refractivity contribution in [3.05, 3.63) is 74.8 Å². The molecule has 7 heteroatoms. The summed E-state index contributed by atoms with van der Waals surface area (Å²) in [6.45, 7) is 1.87. The van der Waals surface area contributed by atoms with Crippen molar-refractivity contribution in [1.82, 2.24) is 5.32 Å². The Morgan fingerprint density at radius 1 is 1.16 bits per heavy atom. The summed E-state index contributed by atoms with van der Waals surface area (Å²) in [6.07, 6.45) is 0. The summed E-state index contributed by atoms with van der Waals surface area (Å²) in [7, 11) is 0. The highest BCUT2D eigenvalue weighted by Gasteiger charge is 2.67. The SMILES string of the molecule is C[C@@H]1N[C@]2(C(=O)Nc3ccccc32)[C@H]([N+](=O)[O-])[C@H]1c1ccc(Cl)cc1. The average molecular weight is 358 g/mol. The van der Waals surface area contributed by atoms with Gasteiger partial charge in [-0.05, 0) is 30.7 Å². The van der Waals surface area contributed by atoms with Crippen molar-refractivity contribution in [2.45, 2.75) is 30.5 Å². The lowest BCUT2D eigenvalue weighted by Gasteiger charge is -2.25. The number of fused-ring (bicyclic) bond motifs is 2. The summed E-state index contributed by atoms with van der Waals surface area (Å²) in [5.41, 5.74) is 0.671. The van der Waals surface area contributed by atoms with Crippen LogP contribution in [0.4, 0.5) is 5.69 Å². The second kappa shape index (κ2) is 5.54. The topological polar surface area (TPSA) is 84.3 Å². The Labute approximate surface area is 149 Å². The fourth-order valence-electron chi connectivity index (χ4n) is 4.24. The first-order valence-corrected chi connectivity index (χ1v) is 8.40. The van der Waals surface area contributed by atoms with Gasteiger partial charge >= 0.3 is 0 Å². The molecule has 6 nitrogen and oxygen atoms in total. The first-order valence-electron chi connectivity index (χ1n) is 8.03. The molecular formula is C18H16ClN3O3. The number of para-hydroxylation sites is 1. The molecule has 1 spiro atoms. The van der Waals surface area contributed by atoms with Crippen LogP contribution in [-0.2, 0) is 10.3 Å². The van der Waals surface area contributed by atoms with E-state index >= 15 is 0 Å². The number of nitro groups is 1. The second-order valence-electron chi connectivity index (χ2n) is 6.55. The van der Waals surface area contributed by atoms with Gasteiger partial charge in [0.1, 0.15) is 0 Å². The Hall–Kier alpha value is -2.44. The van der Waals surface area contributed by atoms with Gasteiger partial charge in [0, 0.05) is 27.2 Å². The first kappa shape index (κ1) is 16.1. The van der Waals surface area contributed by atoms with Gasteiger partial charge in [0.25, 0.3) is 11.9 Å². The number of rotatable bonds is 2. The number of anilines is 1. The number of hydrogen-bond donors (Lipinski definition) is 2. The molecule has 1 fully saturated rings. The lowest BCUT2D eigenvalue weighted by Crippen LogP contribution is -2.54. The molecule has 4 rings (SSSR count). The number of benzene rings is 2. The van der Waals surface area contributed by atoms with Crippen LogP contribution in [-0.4, -0.2) is 22.9 Å². The summed E-state index contributed by atoms with van der Waals surface area (Å²) in [5.74, 6) is -0.831. The van der Waals surface area contributed by atoms with Crippen molar-refractivity contribution in [3.63, 3.8) is 0 Å². The normalized spacial score (nSPS) is 30.3. The molecule has 128 valence electrons. The first-order chi connectivity index (χ1) is 11.9. The van der Waals surface area contributed by atoms with E-state index in [1.165, 1.54) is 0 Å². The van der Waals surface area contributed by atoms with Gasteiger partial charge in [0.15, 0.2) is 5.54 Å². The van der Waals surface area contributed by atoms with E-state index in [4.69, 9.17) is 11.6 Å². The van der Waals surface area contributed by atoms with E-state index in [-0.39, 0.29) is 16.9 Å². The third-order valence-corrected chi connectivity index (χ3v) is 5.47. The van der Waals surface area contributed by atoms with Gasteiger partial charge in [0.2, 0.25) is 0 Å². The zero-order chi connectivity index (χ0) is 17.8. The summed E-state index contributed by atoms with van der Waals surface area (Å²) in [4.78, 5) is 24.6. The van der Waals surface area contributed by atoms with Crippen LogP contribution in [0, 0.1) is 10.1 Å². The van der Waals surface area contributed by atoms with Crippen LogP contribution < -0.4 is 10.6 Å². The summed E-state index contributed by atoms with van der Waals surface area (Å²) in [6, 6.07) is 12.8. The van der Waals surface area contributed by atoms with Crippen molar-refractivity contribution >= 4 is 23.2 Å². The van der Waals surface area contributed by atoms with Crippen LogP contribution in [0.2, 0.25) is 5.02 Å². The zero-order valence-electron chi connectivity index (χ0n) is 13.4. The maximum absolute atomic E-state index is 12.8. The van der Waals surface area contributed by atoms with E-state index < -0.39 is 17.5 Å². The van der Waals surface area contributed by atoms with Crippen LogP contribution in [0.25, 0.3) is 0 Å². The Kier molecular flexibility index (Phi) is 3.56.